The molecule has 0 aliphatic carbocycles. The van der Waals surface area contributed by atoms with Gasteiger partial charge in [0.15, 0.2) is 0 Å². The number of aliphatic hydroxyl groups excluding tert-OH is 1. The summed E-state index contributed by atoms with van der Waals surface area (Å²) >= 11 is 0. The Morgan fingerprint density at radius 3 is 3.00 bits per heavy atom. The molecular weight excluding hydrogens is 166 g/mol. The summed E-state index contributed by atoms with van der Waals surface area (Å²) in [4.78, 5) is 0. The van der Waals surface area contributed by atoms with Crippen molar-refractivity contribution in [3.05, 3.63) is 18.0 Å². The number of aryl methyl sites for hydroxylation is 2. The topological polar surface area (TPSA) is 61.8 Å². The first kappa shape index (κ1) is 9.75. The van der Waals surface area contributed by atoms with Gasteiger partial charge in [0.25, 0.3) is 0 Å². The second-order valence-corrected chi connectivity index (χ2v) is 2.99. The van der Waals surface area contributed by atoms with Gasteiger partial charge in [-0.05, 0) is 18.9 Å². The average molecular weight is 179 g/mol. The molecular formula is C9H13N3O. The molecule has 0 aliphatic heterocycles. The first-order valence-corrected chi connectivity index (χ1v) is 4.25. The van der Waals surface area contributed by atoms with Crippen LogP contribution in [0.15, 0.2) is 12.3 Å². The van der Waals surface area contributed by atoms with E-state index in [1.54, 1.807) is 10.9 Å². The third kappa shape index (κ3) is 2.56. The van der Waals surface area contributed by atoms with E-state index in [0.717, 1.165) is 12.1 Å². The van der Waals surface area contributed by atoms with Crippen LogP contribution in [0.1, 0.15) is 12.1 Å². The molecule has 1 heterocycles. The molecule has 13 heavy (non-hydrogen) atoms. The molecule has 1 rings (SSSR count). The van der Waals surface area contributed by atoms with E-state index in [1.807, 2.05) is 13.1 Å². The van der Waals surface area contributed by atoms with Crippen LogP contribution in [0.25, 0.3) is 0 Å². The van der Waals surface area contributed by atoms with Crippen LogP contribution in [0.4, 0.5) is 0 Å². The molecule has 0 bridgehead atoms. The quantitative estimate of drug-likeness (QED) is 0.731. The average Bonchev–Trinajstić information content (AvgIpc) is 2.54. The van der Waals surface area contributed by atoms with E-state index in [4.69, 9.17) is 10.4 Å². The summed E-state index contributed by atoms with van der Waals surface area (Å²) in [6.07, 6.45) is 3.21. The molecule has 1 unspecified atom stereocenters. The lowest BCUT2D eigenvalue weighted by Gasteiger charge is -2.04. The molecule has 1 atom stereocenters. The molecule has 1 aromatic heterocycles. The maximum absolute atomic E-state index is 8.78. The van der Waals surface area contributed by atoms with Crippen LogP contribution in [-0.2, 0) is 13.5 Å². The van der Waals surface area contributed by atoms with Crippen LogP contribution in [0.2, 0.25) is 0 Å². The van der Waals surface area contributed by atoms with Crippen LogP contribution in [0.3, 0.4) is 0 Å². The highest BCUT2D eigenvalue weighted by atomic mass is 16.3. The van der Waals surface area contributed by atoms with Crippen LogP contribution >= 0.6 is 0 Å². The molecule has 4 heteroatoms. The van der Waals surface area contributed by atoms with Gasteiger partial charge >= 0.3 is 0 Å². The smallest absolute Gasteiger partial charge is 0.0698 e. The Morgan fingerprint density at radius 2 is 2.54 bits per heavy atom. The van der Waals surface area contributed by atoms with E-state index in [1.165, 1.54) is 0 Å². The fourth-order valence-corrected chi connectivity index (χ4v) is 1.17. The number of rotatable bonds is 4. The van der Waals surface area contributed by atoms with Crippen molar-refractivity contribution < 1.29 is 5.11 Å². The van der Waals surface area contributed by atoms with Gasteiger partial charge in [-0.1, -0.05) is 0 Å². The number of nitriles is 1. The maximum atomic E-state index is 8.78. The summed E-state index contributed by atoms with van der Waals surface area (Å²) in [6.45, 7) is -0.0612. The standard InChI is InChI=1S/C9H13N3O/c1-12-9(4-5-11-12)3-2-8(6-10)7-13/h4-5,8,13H,2-3,7H2,1H3. The van der Waals surface area contributed by atoms with Gasteiger partial charge in [-0.25, -0.2) is 0 Å². The second-order valence-electron chi connectivity index (χ2n) is 2.99. The number of hydrogen-bond donors (Lipinski definition) is 1. The maximum Gasteiger partial charge on any atom is 0.0698 e. The Bertz CT molecular complexity index is 300. The Morgan fingerprint density at radius 1 is 1.77 bits per heavy atom. The molecule has 1 aromatic rings. The Hall–Kier alpha value is -1.34. The monoisotopic (exact) mass is 179 g/mol. The van der Waals surface area contributed by atoms with Crippen LogP contribution in [-0.4, -0.2) is 21.5 Å². The minimum atomic E-state index is -0.255. The van der Waals surface area contributed by atoms with Gasteiger partial charge in [0.2, 0.25) is 0 Å². The van der Waals surface area contributed by atoms with Crippen LogP contribution in [0.5, 0.6) is 0 Å². The lowest BCUT2D eigenvalue weighted by molar-refractivity contribution is 0.249. The van der Waals surface area contributed by atoms with Gasteiger partial charge in [-0.15, -0.1) is 0 Å². The normalized spacial score (nSPS) is 12.4. The molecule has 0 saturated carbocycles. The summed E-state index contributed by atoms with van der Waals surface area (Å²) in [7, 11) is 1.87. The summed E-state index contributed by atoms with van der Waals surface area (Å²) < 4.78 is 1.78. The minimum absolute atomic E-state index is 0.0612. The van der Waals surface area contributed by atoms with Crippen LogP contribution < -0.4 is 0 Å². The van der Waals surface area contributed by atoms with Gasteiger partial charge < -0.3 is 5.11 Å². The van der Waals surface area contributed by atoms with Crippen LogP contribution in [0, 0.1) is 17.2 Å². The molecule has 0 aromatic carbocycles. The van der Waals surface area contributed by atoms with Gasteiger partial charge in [0.05, 0.1) is 18.6 Å². The van der Waals surface area contributed by atoms with Crippen molar-refractivity contribution in [3.8, 4) is 6.07 Å². The zero-order valence-electron chi connectivity index (χ0n) is 7.64. The zero-order chi connectivity index (χ0) is 9.68. The zero-order valence-corrected chi connectivity index (χ0v) is 7.64. The van der Waals surface area contributed by atoms with E-state index in [9.17, 15) is 0 Å². The highest BCUT2D eigenvalue weighted by Gasteiger charge is 2.07. The first-order chi connectivity index (χ1) is 6.27. The molecule has 4 nitrogen and oxygen atoms in total. The van der Waals surface area contributed by atoms with Crippen molar-refractivity contribution in [2.75, 3.05) is 6.61 Å². The fraction of sp³-hybridized carbons (Fsp3) is 0.556. The molecule has 0 fully saturated rings. The summed E-state index contributed by atoms with van der Waals surface area (Å²) in [5.74, 6) is -0.255. The summed E-state index contributed by atoms with van der Waals surface area (Å²) in [6, 6.07) is 3.98. The molecule has 0 spiro atoms. The number of nitrogens with zero attached hydrogens (tertiary/aromatic N) is 3. The predicted octanol–water partition coefficient (Wildman–Crippen LogP) is 0.485. The molecule has 0 radical (unpaired) electrons. The highest BCUT2D eigenvalue weighted by molar-refractivity contribution is 5.01. The lowest BCUT2D eigenvalue weighted by atomic mass is 10.0. The Kier molecular flexibility index (Phi) is 3.47. The van der Waals surface area contributed by atoms with Crippen molar-refractivity contribution in [1.29, 1.82) is 5.26 Å². The van der Waals surface area contributed by atoms with Crippen molar-refractivity contribution in [2.24, 2.45) is 13.0 Å². The van der Waals surface area contributed by atoms with E-state index in [-0.39, 0.29) is 12.5 Å². The minimum Gasteiger partial charge on any atom is -0.395 e. The lowest BCUT2D eigenvalue weighted by Crippen LogP contribution is -2.06. The van der Waals surface area contributed by atoms with Gasteiger partial charge in [0, 0.05) is 18.9 Å². The van der Waals surface area contributed by atoms with Crippen molar-refractivity contribution >= 4 is 0 Å². The third-order valence-corrected chi connectivity index (χ3v) is 2.07. The van der Waals surface area contributed by atoms with Crippen molar-refractivity contribution in [1.82, 2.24) is 9.78 Å². The Labute approximate surface area is 77.4 Å². The molecule has 70 valence electrons. The SMILES string of the molecule is Cn1nccc1CCC(C#N)CO. The molecule has 1 N–H and O–H groups in total. The first-order valence-electron chi connectivity index (χ1n) is 4.25. The fourth-order valence-electron chi connectivity index (χ4n) is 1.17. The summed E-state index contributed by atoms with van der Waals surface area (Å²) in [5, 5.41) is 21.4. The van der Waals surface area contributed by atoms with E-state index in [2.05, 4.69) is 11.2 Å². The van der Waals surface area contributed by atoms with Gasteiger partial charge in [-0.2, -0.15) is 10.4 Å². The number of hydrogen-bond acceptors (Lipinski definition) is 3. The van der Waals surface area contributed by atoms with E-state index < -0.39 is 0 Å². The van der Waals surface area contributed by atoms with Crippen molar-refractivity contribution in [2.45, 2.75) is 12.8 Å². The van der Waals surface area contributed by atoms with E-state index >= 15 is 0 Å². The highest BCUT2D eigenvalue weighted by Crippen LogP contribution is 2.07. The molecule has 0 amide bonds. The Balaban J connectivity index is 2.44. The largest absolute Gasteiger partial charge is 0.395 e. The number of aromatic nitrogens is 2. The van der Waals surface area contributed by atoms with Gasteiger partial charge in [-0.3, -0.25) is 4.68 Å². The predicted molar refractivity (Wildman–Crippen MR) is 47.7 cm³/mol. The second kappa shape index (κ2) is 4.63. The number of aliphatic hydroxyl groups is 1. The molecule has 0 saturated heterocycles. The van der Waals surface area contributed by atoms with Gasteiger partial charge in [0.1, 0.15) is 0 Å². The van der Waals surface area contributed by atoms with Crippen molar-refractivity contribution in [3.63, 3.8) is 0 Å². The third-order valence-electron chi connectivity index (χ3n) is 2.07. The summed E-state index contributed by atoms with van der Waals surface area (Å²) in [5.41, 5.74) is 1.09. The van der Waals surface area contributed by atoms with E-state index in [0.29, 0.717) is 6.42 Å². The molecule has 0 aliphatic rings.